The molecule has 0 saturated heterocycles. The van der Waals surface area contributed by atoms with Crippen molar-refractivity contribution in [2.75, 3.05) is 32.1 Å². The van der Waals surface area contributed by atoms with E-state index in [2.05, 4.69) is 10.4 Å². The second-order valence-electron chi connectivity index (χ2n) is 4.10. The summed E-state index contributed by atoms with van der Waals surface area (Å²) >= 11 is 0. The molecule has 0 unspecified atom stereocenters. The Balaban J connectivity index is 2.60. The highest BCUT2D eigenvalue weighted by atomic mass is 16.1. The van der Waals surface area contributed by atoms with Crippen molar-refractivity contribution in [2.45, 2.75) is 26.3 Å². The second-order valence-corrected chi connectivity index (χ2v) is 4.10. The van der Waals surface area contributed by atoms with E-state index < -0.39 is 0 Å². The average Bonchev–Trinajstić information content (AvgIpc) is 2.35. The molecular weight excluding hydrogens is 216 g/mol. The first-order valence-electron chi connectivity index (χ1n) is 6.12. The number of anilines is 1. The fourth-order valence-corrected chi connectivity index (χ4v) is 1.55. The molecule has 0 aromatic carbocycles. The molecule has 0 bridgehead atoms. The van der Waals surface area contributed by atoms with Gasteiger partial charge in [0.15, 0.2) is 0 Å². The van der Waals surface area contributed by atoms with Crippen LogP contribution in [0.1, 0.15) is 19.8 Å². The third kappa shape index (κ3) is 4.19. The molecule has 0 aliphatic heterocycles. The molecule has 0 aliphatic rings. The molecular formula is C12H22N4O. The van der Waals surface area contributed by atoms with Gasteiger partial charge in [-0.3, -0.25) is 4.79 Å². The molecule has 1 N–H and O–H groups in total. The van der Waals surface area contributed by atoms with Gasteiger partial charge in [0, 0.05) is 26.2 Å². The Bertz CT molecular complexity index is 388. The van der Waals surface area contributed by atoms with E-state index >= 15 is 0 Å². The quantitative estimate of drug-likeness (QED) is 0.710. The summed E-state index contributed by atoms with van der Waals surface area (Å²) in [4.78, 5) is 13.8. The summed E-state index contributed by atoms with van der Waals surface area (Å²) in [5, 5.41) is 7.27. The fraction of sp³-hybridized carbons (Fsp3) is 0.667. The minimum atomic E-state index is -0.0211. The molecule has 1 heterocycles. The van der Waals surface area contributed by atoms with Gasteiger partial charge in [0.1, 0.15) is 0 Å². The third-order valence-electron chi connectivity index (χ3n) is 2.82. The van der Waals surface area contributed by atoms with Crippen molar-refractivity contribution < 1.29 is 0 Å². The molecule has 1 aromatic heterocycles. The highest BCUT2D eigenvalue weighted by molar-refractivity contribution is 5.41. The van der Waals surface area contributed by atoms with Crippen LogP contribution in [0.3, 0.4) is 0 Å². The predicted molar refractivity (Wildman–Crippen MR) is 70.6 cm³/mol. The first kappa shape index (κ1) is 13.7. The van der Waals surface area contributed by atoms with E-state index in [0.717, 1.165) is 31.6 Å². The zero-order valence-electron chi connectivity index (χ0n) is 10.9. The third-order valence-corrected chi connectivity index (χ3v) is 2.82. The van der Waals surface area contributed by atoms with Crippen molar-refractivity contribution in [3.05, 3.63) is 22.6 Å². The molecule has 5 heteroatoms. The first-order chi connectivity index (χ1) is 8.19. The van der Waals surface area contributed by atoms with Crippen molar-refractivity contribution in [2.24, 2.45) is 0 Å². The summed E-state index contributed by atoms with van der Waals surface area (Å²) in [6.45, 7) is 4.58. The van der Waals surface area contributed by atoms with Crippen LogP contribution < -0.4 is 15.8 Å². The van der Waals surface area contributed by atoms with Gasteiger partial charge >= 0.3 is 0 Å². The average molecular weight is 238 g/mol. The zero-order valence-corrected chi connectivity index (χ0v) is 10.9. The van der Waals surface area contributed by atoms with E-state index in [1.54, 1.807) is 12.3 Å². The standard InChI is InChI=1S/C12H22N4O/c1-4-15(3)11-9-12(17)16(14-10-11)8-6-5-7-13-2/h9-10,13H,4-8H2,1-3H3. The Kier molecular flexibility index (Phi) is 5.69. The van der Waals surface area contributed by atoms with Gasteiger partial charge in [-0.05, 0) is 33.4 Å². The summed E-state index contributed by atoms with van der Waals surface area (Å²) in [6.07, 6.45) is 3.78. The summed E-state index contributed by atoms with van der Waals surface area (Å²) < 4.78 is 1.53. The Hall–Kier alpha value is -1.36. The lowest BCUT2D eigenvalue weighted by Gasteiger charge is -2.16. The summed E-state index contributed by atoms with van der Waals surface area (Å²) in [7, 11) is 3.88. The summed E-state index contributed by atoms with van der Waals surface area (Å²) in [5.41, 5.74) is 0.858. The second kappa shape index (κ2) is 7.06. The Morgan fingerprint density at radius 1 is 1.47 bits per heavy atom. The highest BCUT2D eigenvalue weighted by Crippen LogP contribution is 2.05. The zero-order chi connectivity index (χ0) is 12.7. The van der Waals surface area contributed by atoms with Crippen LogP contribution in [0.5, 0.6) is 0 Å². The lowest BCUT2D eigenvalue weighted by Crippen LogP contribution is -2.25. The molecule has 96 valence electrons. The van der Waals surface area contributed by atoms with Crippen LogP contribution in [-0.2, 0) is 6.54 Å². The maximum Gasteiger partial charge on any atom is 0.268 e. The van der Waals surface area contributed by atoms with Crippen LogP contribution in [0.15, 0.2) is 17.1 Å². The minimum Gasteiger partial charge on any atom is -0.373 e. The molecule has 0 spiro atoms. The van der Waals surface area contributed by atoms with Gasteiger partial charge in [-0.2, -0.15) is 5.10 Å². The fourth-order valence-electron chi connectivity index (χ4n) is 1.55. The van der Waals surface area contributed by atoms with Crippen molar-refractivity contribution in [1.82, 2.24) is 15.1 Å². The molecule has 17 heavy (non-hydrogen) atoms. The van der Waals surface area contributed by atoms with E-state index in [9.17, 15) is 4.79 Å². The van der Waals surface area contributed by atoms with Crippen LogP contribution in [0, 0.1) is 0 Å². The number of nitrogens with zero attached hydrogens (tertiary/aromatic N) is 3. The van der Waals surface area contributed by atoms with Crippen LogP contribution in [0.2, 0.25) is 0 Å². The van der Waals surface area contributed by atoms with Gasteiger partial charge in [-0.25, -0.2) is 4.68 Å². The lowest BCUT2D eigenvalue weighted by atomic mass is 10.3. The largest absolute Gasteiger partial charge is 0.373 e. The number of aromatic nitrogens is 2. The van der Waals surface area contributed by atoms with E-state index in [1.807, 2.05) is 25.9 Å². The van der Waals surface area contributed by atoms with Gasteiger partial charge in [-0.1, -0.05) is 0 Å². The molecule has 0 radical (unpaired) electrons. The first-order valence-corrected chi connectivity index (χ1v) is 6.12. The molecule has 0 saturated carbocycles. The number of hydrogen-bond acceptors (Lipinski definition) is 4. The van der Waals surface area contributed by atoms with E-state index in [1.165, 1.54) is 4.68 Å². The molecule has 0 aliphatic carbocycles. The maximum absolute atomic E-state index is 11.8. The van der Waals surface area contributed by atoms with Gasteiger partial charge in [0.2, 0.25) is 0 Å². The minimum absolute atomic E-state index is 0.0211. The molecule has 1 aromatic rings. The Morgan fingerprint density at radius 2 is 2.24 bits per heavy atom. The number of nitrogens with one attached hydrogen (secondary N) is 1. The monoisotopic (exact) mass is 238 g/mol. The number of unbranched alkanes of at least 4 members (excludes halogenated alkanes) is 1. The van der Waals surface area contributed by atoms with Crippen LogP contribution in [-0.4, -0.2) is 37.0 Å². The van der Waals surface area contributed by atoms with Crippen LogP contribution >= 0.6 is 0 Å². The Morgan fingerprint density at radius 3 is 2.82 bits per heavy atom. The van der Waals surface area contributed by atoms with E-state index in [0.29, 0.717) is 6.54 Å². The topological polar surface area (TPSA) is 50.2 Å². The van der Waals surface area contributed by atoms with Gasteiger partial charge in [0.05, 0.1) is 11.9 Å². The van der Waals surface area contributed by atoms with Gasteiger partial charge in [-0.15, -0.1) is 0 Å². The molecule has 5 nitrogen and oxygen atoms in total. The van der Waals surface area contributed by atoms with E-state index in [-0.39, 0.29) is 5.56 Å². The molecule has 0 atom stereocenters. The molecule has 1 rings (SSSR count). The predicted octanol–water partition coefficient (Wildman–Crippen LogP) is 0.699. The van der Waals surface area contributed by atoms with Crippen molar-refractivity contribution in [3.63, 3.8) is 0 Å². The SMILES string of the molecule is CCN(C)c1cnn(CCCCNC)c(=O)c1. The van der Waals surface area contributed by atoms with Gasteiger partial charge in [0.25, 0.3) is 5.56 Å². The van der Waals surface area contributed by atoms with Crippen LogP contribution in [0.4, 0.5) is 5.69 Å². The number of hydrogen-bond donors (Lipinski definition) is 1. The maximum atomic E-state index is 11.8. The normalized spacial score (nSPS) is 10.5. The smallest absolute Gasteiger partial charge is 0.268 e. The number of aryl methyl sites for hydroxylation is 1. The van der Waals surface area contributed by atoms with Crippen LogP contribution in [0.25, 0.3) is 0 Å². The number of rotatable bonds is 7. The highest BCUT2D eigenvalue weighted by Gasteiger charge is 2.02. The molecule has 0 fully saturated rings. The molecule has 0 amide bonds. The van der Waals surface area contributed by atoms with Crippen molar-refractivity contribution in [1.29, 1.82) is 0 Å². The summed E-state index contributed by atoms with van der Waals surface area (Å²) in [6, 6.07) is 1.65. The van der Waals surface area contributed by atoms with Crippen molar-refractivity contribution >= 4 is 5.69 Å². The Labute approximate surface area is 102 Å². The van der Waals surface area contributed by atoms with Gasteiger partial charge < -0.3 is 10.2 Å². The van der Waals surface area contributed by atoms with Crippen molar-refractivity contribution in [3.8, 4) is 0 Å². The van der Waals surface area contributed by atoms with E-state index in [4.69, 9.17) is 0 Å². The summed E-state index contributed by atoms with van der Waals surface area (Å²) in [5.74, 6) is 0. The lowest BCUT2D eigenvalue weighted by molar-refractivity contribution is 0.524.